The van der Waals surface area contributed by atoms with Crippen molar-refractivity contribution < 1.29 is 19.8 Å². The van der Waals surface area contributed by atoms with E-state index in [4.69, 9.17) is 23.2 Å². The number of carbonyl (C=O) groups excluding carboxylic acids is 2. The average Bonchev–Trinajstić information content (AvgIpc) is 2.49. The molecule has 0 saturated carbocycles. The number of urea groups is 1. The molecule has 4 rings (SSSR count). The SMILES string of the molecule is O=C1NC(=O)C2(O)Nn3c(nc4c(Cl)cc(Cl)cc4c3=O)CC2(O)N1. The minimum atomic E-state index is -2.69. The monoisotopic (exact) mass is 385 g/mol. The number of amides is 3. The fraction of sp³-hybridized carbons (Fsp3) is 0.231. The van der Waals surface area contributed by atoms with Crippen molar-refractivity contribution in [3.8, 4) is 0 Å². The third kappa shape index (κ3) is 2.05. The van der Waals surface area contributed by atoms with E-state index in [0.29, 0.717) is 0 Å². The largest absolute Gasteiger partial charge is 0.366 e. The molecule has 1 fully saturated rings. The lowest BCUT2D eigenvalue weighted by atomic mass is 9.91. The van der Waals surface area contributed by atoms with E-state index in [1.807, 2.05) is 5.32 Å². The minimum absolute atomic E-state index is 0.0445. The molecule has 2 unspecified atom stereocenters. The quantitative estimate of drug-likeness (QED) is 0.391. The van der Waals surface area contributed by atoms with Gasteiger partial charge in [-0.05, 0) is 12.1 Å². The first kappa shape index (κ1) is 16.1. The summed E-state index contributed by atoms with van der Waals surface area (Å²) in [6, 6.07) is 1.73. The summed E-state index contributed by atoms with van der Waals surface area (Å²) >= 11 is 12.0. The van der Waals surface area contributed by atoms with E-state index in [2.05, 4.69) is 15.7 Å². The number of rotatable bonds is 0. The Morgan fingerprint density at radius 3 is 2.64 bits per heavy atom. The Hall–Kier alpha value is -2.40. The van der Waals surface area contributed by atoms with Crippen molar-refractivity contribution in [1.29, 1.82) is 0 Å². The molecule has 25 heavy (non-hydrogen) atoms. The number of nitrogens with one attached hydrogen (secondary N) is 3. The van der Waals surface area contributed by atoms with Gasteiger partial charge in [0.15, 0.2) is 0 Å². The van der Waals surface area contributed by atoms with Crippen molar-refractivity contribution in [2.45, 2.75) is 17.9 Å². The number of aromatic nitrogens is 2. The van der Waals surface area contributed by atoms with Gasteiger partial charge in [0, 0.05) is 5.02 Å². The summed E-state index contributed by atoms with van der Waals surface area (Å²) < 4.78 is 0.806. The summed E-state index contributed by atoms with van der Waals surface area (Å²) in [5.41, 5.74) is -3.44. The number of imide groups is 1. The number of hydrogen-bond donors (Lipinski definition) is 5. The molecule has 0 bridgehead atoms. The van der Waals surface area contributed by atoms with Crippen LogP contribution in [-0.2, 0) is 11.2 Å². The number of benzene rings is 1. The van der Waals surface area contributed by atoms with Gasteiger partial charge in [-0.3, -0.25) is 20.3 Å². The van der Waals surface area contributed by atoms with Crippen LogP contribution in [0.5, 0.6) is 0 Å². The molecule has 0 spiro atoms. The minimum Gasteiger partial charge on any atom is -0.366 e. The van der Waals surface area contributed by atoms with Crippen LogP contribution in [0.2, 0.25) is 10.0 Å². The highest BCUT2D eigenvalue weighted by atomic mass is 35.5. The van der Waals surface area contributed by atoms with Gasteiger partial charge in [0.1, 0.15) is 5.82 Å². The van der Waals surface area contributed by atoms with E-state index < -0.39 is 35.4 Å². The molecule has 2 aliphatic rings. The van der Waals surface area contributed by atoms with Crippen molar-refractivity contribution in [3.63, 3.8) is 0 Å². The maximum absolute atomic E-state index is 12.7. The van der Waals surface area contributed by atoms with Crippen LogP contribution in [0.1, 0.15) is 5.82 Å². The highest BCUT2D eigenvalue weighted by Gasteiger charge is 2.63. The van der Waals surface area contributed by atoms with E-state index in [0.717, 1.165) is 4.68 Å². The Morgan fingerprint density at radius 2 is 1.92 bits per heavy atom. The molecule has 3 heterocycles. The van der Waals surface area contributed by atoms with Gasteiger partial charge in [0.25, 0.3) is 17.2 Å². The molecule has 12 heteroatoms. The Balaban J connectivity index is 2.00. The second-order valence-electron chi connectivity index (χ2n) is 5.72. The van der Waals surface area contributed by atoms with Gasteiger partial charge in [0.2, 0.25) is 5.72 Å². The predicted molar refractivity (Wildman–Crippen MR) is 85.7 cm³/mol. The summed E-state index contributed by atoms with van der Waals surface area (Å²) in [4.78, 5) is 40.4. The summed E-state index contributed by atoms with van der Waals surface area (Å²) in [7, 11) is 0. The molecule has 1 aromatic heterocycles. The fourth-order valence-corrected chi connectivity index (χ4v) is 3.43. The second-order valence-corrected chi connectivity index (χ2v) is 6.56. The molecule has 5 N–H and O–H groups in total. The van der Waals surface area contributed by atoms with Gasteiger partial charge >= 0.3 is 6.03 Å². The van der Waals surface area contributed by atoms with E-state index in [9.17, 15) is 24.6 Å². The van der Waals surface area contributed by atoms with Crippen LogP contribution in [0.3, 0.4) is 0 Å². The number of hydrogen-bond acceptors (Lipinski definition) is 7. The van der Waals surface area contributed by atoms with Crippen LogP contribution >= 0.6 is 23.2 Å². The molecule has 0 aliphatic carbocycles. The summed E-state index contributed by atoms with van der Waals surface area (Å²) in [5, 5.41) is 25.4. The molecular weight excluding hydrogens is 377 g/mol. The number of carbonyl (C=O) groups is 2. The molecule has 2 aromatic rings. The van der Waals surface area contributed by atoms with Crippen LogP contribution in [-0.4, -0.2) is 43.3 Å². The van der Waals surface area contributed by atoms with Crippen LogP contribution in [0, 0.1) is 0 Å². The molecular formula is C13H9Cl2N5O5. The first-order chi connectivity index (χ1) is 11.6. The first-order valence-electron chi connectivity index (χ1n) is 6.92. The second kappa shape index (κ2) is 4.82. The zero-order chi connectivity index (χ0) is 18.1. The molecule has 1 aromatic carbocycles. The zero-order valence-corrected chi connectivity index (χ0v) is 13.6. The Kier molecular flexibility index (Phi) is 3.10. The predicted octanol–water partition coefficient (Wildman–Crippen LogP) is -0.981. The molecule has 2 atom stereocenters. The lowest BCUT2D eigenvalue weighted by Gasteiger charge is -2.48. The Morgan fingerprint density at radius 1 is 1.20 bits per heavy atom. The number of halogens is 2. The van der Waals surface area contributed by atoms with E-state index in [1.165, 1.54) is 12.1 Å². The van der Waals surface area contributed by atoms with Crippen molar-refractivity contribution >= 4 is 46.0 Å². The highest BCUT2D eigenvalue weighted by Crippen LogP contribution is 2.31. The summed E-state index contributed by atoms with van der Waals surface area (Å²) in [6.07, 6.45) is -0.528. The molecule has 130 valence electrons. The normalized spacial score (nSPS) is 27.8. The lowest BCUT2D eigenvalue weighted by molar-refractivity contribution is -0.186. The maximum atomic E-state index is 12.7. The van der Waals surface area contributed by atoms with Crippen molar-refractivity contribution in [2.24, 2.45) is 0 Å². The molecule has 0 radical (unpaired) electrons. The van der Waals surface area contributed by atoms with Gasteiger partial charge in [0.05, 0.1) is 22.3 Å². The van der Waals surface area contributed by atoms with E-state index in [-0.39, 0.29) is 26.8 Å². The Labute approximate surface area is 148 Å². The highest BCUT2D eigenvalue weighted by molar-refractivity contribution is 6.38. The van der Waals surface area contributed by atoms with E-state index in [1.54, 1.807) is 0 Å². The smallest absolute Gasteiger partial charge is 0.323 e. The van der Waals surface area contributed by atoms with Gasteiger partial charge in [-0.2, -0.15) is 0 Å². The molecule has 3 amide bonds. The molecule has 1 saturated heterocycles. The van der Waals surface area contributed by atoms with Crippen molar-refractivity contribution in [1.82, 2.24) is 20.3 Å². The average molecular weight is 386 g/mol. The summed E-state index contributed by atoms with van der Waals surface area (Å²) in [6.45, 7) is 0. The number of aliphatic hydroxyl groups is 2. The number of fused-ring (bicyclic) bond motifs is 3. The third-order valence-corrected chi connectivity index (χ3v) is 4.63. The van der Waals surface area contributed by atoms with Crippen LogP contribution in [0.25, 0.3) is 10.9 Å². The van der Waals surface area contributed by atoms with Gasteiger partial charge < -0.3 is 15.5 Å². The fourth-order valence-electron chi connectivity index (χ4n) is 2.89. The zero-order valence-electron chi connectivity index (χ0n) is 12.1. The van der Waals surface area contributed by atoms with Crippen molar-refractivity contribution in [3.05, 3.63) is 38.4 Å². The van der Waals surface area contributed by atoms with Crippen LogP contribution < -0.4 is 21.6 Å². The number of nitrogens with zero attached hydrogens (tertiary/aromatic N) is 2. The van der Waals surface area contributed by atoms with E-state index >= 15 is 0 Å². The van der Waals surface area contributed by atoms with Gasteiger partial charge in [-0.1, -0.05) is 23.2 Å². The van der Waals surface area contributed by atoms with Crippen LogP contribution in [0.15, 0.2) is 16.9 Å². The van der Waals surface area contributed by atoms with Gasteiger partial charge in [-0.15, -0.1) is 0 Å². The van der Waals surface area contributed by atoms with Crippen LogP contribution in [0.4, 0.5) is 4.79 Å². The van der Waals surface area contributed by atoms with Gasteiger partial charge in [-0.25, -0.2) is 14.5 Å². The van der Waals surface area contributed by atoms with Crippen molar-refractivity contribution in [2.75, 3.05) is 5.43 Å². The lowest BCUT2D eigenvalue weighted by Crippen LogP contribution is -2.83. The maximum Gasteiger partial charge on any atom is 0.323 e. The Bertz CT molecular complexity index is 1040. The first-order valence-corrected chi connectivity index (χ1v) is 7.67. The molecule has 10 nitrogen and oxygen atoms in total. The molecule has 2 aliphatic heterocycles. The standard InChI is InChI=1S/C13H9Cl2N5O5/c14-4-1-5-8(6(15)2-4)16-7-3-12(24)13(25,19-20(7)9(5)21)10(22)17-11(23)18-12/h1-2,19,24-25H,3H2,(H2,17,18,22,23). The topological polar surface area (TPSA) is 146 Å². The third-order valence-electron chi connectivity index (χ3n) is 4.12. The summed E-state index contributed by atoms with van der Waals surface area (Å²) in [5.74, 6) is -1.27.